The van der Waals surface area contributed by atoms with Gasteiger partial charge < -0.3 is 0 Å². The fourth-order valence-electron chi connectivity index (χ4n) is 10.2. The zero-order valence-corrected chi connectivity index (χ0v) is 39.8. The fraction of sp³-hybridized carbons (Fsp3) is 0.0299. The third kappa shape index (κ3) is 8.51. The molecular weight excluding hydrogens is 889 g/mol. The first-order valence-electron chi connectivity index (χ1n) is 24.8. The van der Waals surface area contributed by atoms with Crippen LogP contribution in [0.1, 0.15) is 24.0 Å². The minimum absolute atomic E-state index is 0.599. The first-order valence-corrected chi connectivity index (χ1v) is 24.8. The highest BCUT2D eigenvalue weighted by atomic mass is 15.2. The van der Waals surface area contributed by atoms with E-state index in [1.165, 1.54) is 22.3 Å². The molecule has 0 bridgehead atoms. The van der Waals surface area contributed by atoms with Crippen molar-refractivity contribution in [3.05, 3.63) is 266 Å². The highest BCUT2D eigenvalue weighted by Gasteiger charge is 2.22. The number of hydrogen-bond donors (Lipinski definition) is 0. The summed E-state index contributed by atoms with van der Waals surface area (Å²) in [4.78, 5) is 26.3. The van der Waals surface area contributed by atoms with Crippen LogP contribution in [0.25, 0.3) is 118 Å². The highest BCUT2D eigenvalue weighted by Crippen LogP contribution is 2.42. The van der Waals surface area contributed by atoms with Crippen LogP contribution >= 0.6 is 0 Å². The average molecular weight is 935 g/mol. The van der Waals surface area contributed by atoms with E-state index >= 15 is 0 Å². The average Bonchev–Trinajstić information content (AvgIpc) is 3.82. The van der Waals surface area contributed by atoms with E-state index in [1.807, 2.05) is 30.3 Å². The summed E-state index contributed by atoms with van der Waals surface area (Å²) in [6, 6.07) is 84.7. The molecule has 0 amide bonds. The van der Waals surface area contributed by atoms with Crippen LogP contribution < -0.4 is 0 Å². The van der Waals surface area contributed by atoms with Gasteiger partial charge in [-0.2, -0.15) is 0 Å². The van der Waals surface area contributed by atoms with E-state index < -0.39 is 0 Å². The molecule has 0 fully saturated rings. The summed E-state index contributed by atoms with van der Waals surface area (Å²) < 4.78 is 2.23. The maximum atomic E-state index is 5.35. The Bertz CT molecular complexity index is 3990. The number of allylic oxidation sites excluding steroid dienone is 4. The first kappa shape index (κ1) is 43.4. The van der Waals surface area contributed by atoms with Crippen molar-refractivity contribution >= 4 is 33.0 Å². The SMILES string of the molecule is C1=C(c2ccccc2)C=C(c2cccc(-c3nc(-c4ccccc4)nc(-c4cccc(-c5cccc6c5c5cc(-c7ccccc7)ccc5n6-c5nc(-c6ccccc6)cc(-c6ccccc6)n5)c4)n3)c2)CC1. The molecule has 1 aliphatic carbocycles. The molecule has 0 aliphatic heterocycles. The number of benzene rings is 9. The van der Waals surface area contributed by atoms with Crippen molar-refractivity contribution in [1.29, 1.82) is 0 Å². The van der Waals surface area contributed by atoms with Crippen LogP contribution in [0.5, 0.6) is 0 Å². The largest absolute Gasteiger partial charge is 0.278 e. The van der Waals surface area contributed by atoms with E-state index in [9.17, 15) is 0 Å². The summed E-state index contributed by atoms with van der Waals surface area (Å²) in [6.07, 6.45) is 6.61. The molecule has 6 nitrogen and oxygen atoms in total. The quantitative estimate of drug-likeness (QED) is 0.137. The van der Waals surface area contributed by atoms with Gasteiger partial charge in [-0.1, -0.05) is 218 Å². The second kappa shape index (κ2) is 18.9. The molecule has 0 spiro atoms. The Kier molecular flexibility index (Phi) is 11.2. The van der Waals surface area contributed by atoms with Gasteiger partial charge in [0.25, 0.3) is 0 Å². The first-order chi connectivity index (χ1) is 36.2. The molecule has 0 saturated heterocycles. The van der Waals surface area contributed by atoms with Crippen LogP contribution in [0, 0.1) is 0 Å². The lowest BCUT2D eigenvalue weighted by atomic mass is 9.90. The third-order valence-electron chi connectivity index (χ3n) is 13.8. The summed E-state index contributed by atoms with van der Waals surface area (Å²) in [5.74, 6) is 2.44. The van der Waals surface area contributed by atoms with Gasteiger partial charge in [0.1, 0.15) is 0 Å². The molecule has 12 aromatic rings. The fourth-order valence-corrected chi connectivity index (χ4v) is 10.2. The Balaban J connectivity index is 0.972. The zero-order chi connectivity index (χ0) is 48.5. The lowest BCUT2D eigenvalue weighted by Gasteiger charge is -2.16. The Morgan fingerprint density at radius 1 is 0.329 bits per heavy atom. The topological polar surface area (TPSA) is 69.4 Å². The molecule has 0 unspecified atom stereocenters. The number of hydrogen-bond acceptors (Lipinski definition) is 5. The molecule has 13 rings (SSSR count). The molecular formula is C67H46N6. The lowest BCUT2D eigenvalue weighted by Crippen LogP contribution is -2.04. The number of aromatic nitrogens is 6. The van der Waals surface area contributed by atoms with Crippen LogP contribution in [0.3, 0.4) is 0 Å². The predicted octanol–water partition coefficient (Wildman–Crippen LogP) is 16.7. The molecule has 0 radical (unpaired) electrons. The maximum Gasteiger partial charge on any atom is 0.235 e. The molecule has 9 aromatic carbocycles. The van der Waals surface area contributed by atoms with Crippen LogP contribution in [0.2, 0.25) is 0 Å². The molecule has 3 heterocycles. The van der Waals surface area contributed by atoms with Crippen molar-refractivity contribution < 1.29 is 0 Å². The van der Waals surface area contributed by atoms with E-state index in [4.69, 9.17) is 24.9 Å². The Hall–Kier alpha value is -9.65. The summed E-state index contributed by atoms with van der Waals surface area (Å²) in [5, 5.41) is 2.20. The van der Waals surface area contributed by atoms with Gasteiger partial charge in [-0.25, -0.2) is 24.9 Å². The van der Waals surface area contributed by atoms with Crippen LogP contribution in [0.4, 0.5) is 0 Å². The van der Waals surface area contributed by atoms with Gasteiger partial charge in [-0.05, 0) is 93.8 Å². The van der Waals surface area contributed by atoms with Gasteiger partial charge in [0.15, 0.2) is 17.5 Å². The summed E-state index contributed by atoms with van der Waals surface area (Å²) in [5.41, 5.74) is 17.8. The Labute approximate surface area is 424 Å². The zero-order valence-electron chi connectivity index (χ0n) is 39.8. The maximum absolute atomic E-state index is 5.35. The van der Waals surface area contributed by atoms with E-state index in [0.29, 0.717) is 23.4 Å². The van der Waals surface area contributed by atoms with E-state index in [-0.39, 0.29) is 0 Å². The highest BCUT2D eigenvalue weighted by molar-refractivity contribution is 6.16. The van der Waals surface area contributed by atoms with Crippen molar-refractivity contribution in [2.24, 2.45) is 0 Å². The van der Waals surface area contributed by atoms with Gasteiger partial charge in [-0.3, -0.25) is 4.57 Å². The van der Waals surface area contributed by atoms with Crippen LogP contribution in [0.15, 0.2) is 255 Å². The molecule has 3 aromatic heterocycles. The number of rotatable bonds is 10. The minimum atomic E-state index is 0.599. The summed E-state index contributed by atoms with van der Waals surface area (Å²) in [6.45, 7) is 0. The van der Waals surface area contributed by atoms with Gasteiger partial charge >= 0.3 is 0 Å². The molecule has 1 aliphatic rings. The summed E-state index contributed by atoms with van der Waals surface area (Å²) in [7, 11) is 0. The summed E-state index contributed by atoms with van der Waals surface area (Å²) >= 11 is 0. The standard InChI is InChI=1S/C67H46N6/c1-6-20-45(21-7-1)50-30-16-31-51(40-50)52-32-17-34-55(41-52)65-70-64(49-28-14-5-15-29-49)71-66(72-65)56-35-18-33-54(42-56)57-36-19-37-62-63(57)58-43-53(46-22-8-2-9-23-46)38-39-61(58)73(62)67-68-59(47-24-10-3-11-25-47)44-60(69-67)48-26-12-4-13-27-48/h1-15,17-30,32-44H,16,31H2. The van der Waals surface area contributed by atoms with Gasteiger partial charge in [0.05, 0.1) is 22.4 Å². The minimum Gasteiger partial charge on any atom is -0.278 e. The Morgan fingerprint density at radius 3 is 1.44 bits per heavy atom. The normalized spacial score (nSPS) is 12.4. The van der Waals surface area contributed by atoms with Crippen LogP contribution in [-0.2, 0) is 0 Å². The van der Waals surface area contributed by atoms with Crippen molar-refractivity contribution in [3.63, 3.8) is 0 Å². The monoisotopic (exact) mass is 934 g/mol. The van der Waals surface area contributed by atoms with Crippen molar-refractivity contribution in [3.8, 4) is 84.9 Å². The smallest absolute Gasteiger partial charge is 0.235 e. The molecule has 344 valence electrons. The third-order valence-corrected chi connectivity index (χ3v) is 13.8. The predicted molar refractivity (Wildman–Crippen MR) is 299 cm³/mol. The lowest BCUT2D eigenvalue weighted by molar-refractivity contribution is 0.996. The van der Waals surface area contributed by atoms with Gasteiger partial charge in [0, 0.05) is 38.6 Å². The molecule has 0 saturated carbocycles. The second-order valence-corrected chi connectivity index (χ2v) is 18.4. The molecule has 0 N–H and O–H groups in total. The van der Waals surface area contributed by atoms with Crippen molar-refractivity contribution in [2.75, 3.05) is 0 Å². The second-order valence-electron chi connectivity index (χ2n) is 18.4. The van der Waals surface area contributed by atoms with E-state index in [0.717, 1.165) is 96.1 Å². The van der Waals surface area contributed by atoms with Crippen molar-refractivity contribution in [1.82, 2.24) is 29.5 Å². The number of fused-ring (bicyclic) bond motifs is 3. The molecule has 6 heteroatoms. The van der Waals surface area contributed by atoms with Gasteiger partial charge in [-0.15, -0.1) is 0 Å². The van der Waals surface area contributed by atoms with E-state index in [2.05, 4.69) is 229 Å². The molecule has 0 atom stereocenters. The van der Waals surface area contributed by atoms with Crippen molar-refractivity contribution in [2.45, 2.75) is 12.8 Å². The van der Waals surface area contributed by atoms with Crippen LogP contribution in [-0.4, -0.2) is 29.5 Å². The van der Waals surface area contributed by atoms with E-state index in [1.54, 1.807) is 0 Å². The molecule has 73 heavy (non-hydrogen) atoms. The number of nitrogens with zero attached hydrogens (tertiary/aromatic N) is 6. The Morgan fingerprint density at radius 2 is 0.822 bits per heavy atom. The van der Waals surface area contributed by atoms with Gasteiger partial charge in [0.2, 0.25) is 5.95 Å².